The minimum atomic E-state index is -3.89. The third kappa shape index (κ3) is 4.75. The Hall–Kier alpha value is -3.10. The normalized spacial score (nSPS) is 11.1. The van der Waals surface area contributed by atoms with E-state index in [0.717, 1.165) is 10.8 Å². The number of hydrogen-bond donors (Lipinski definition) is 2. The maximum atomic E-state index is 12.3. The highest BCUT2D eigenvalue weighted by molar-refractivity contribution is 7.89. The van der Waals surface area contributed by atoms with Gasteiger partial charge in [0.15, 0.2) is 6.61 Å². The zero-order valence-electron chi connectivity index (χ0n) is 14.5. The Balaban J connectivity index is 1.57. The van der Waals surface area contributed by atoms with Gasteiger partial charge in [-0.2, -0.15) is 0 Å². The van der Waals surface area contributed by atoms with E-state index in [1.165, 1.54) is 12.1 Å². The molecule has 0 aliphatic heterocycles. The van der Waals surface area contributed by atoms with Crippen LogP contribution in [0.2, 0.25) is 0 Å². The first kappa shape index (κ1) is 18.7. The Kier molecular flexibility index (Phi) is 5.58. The summed E-state index contributed by atoms with van der Waals surface area (Å²) < 4.78 is 35.0. The molecule has 0 saturated heterocycles. The number of hydrazine groups is 1. The standard InChI is InChI=1S/C19H18N2O5S/c1-25-16-7-9-17(10-8-16)26-13-19(22)20-21-27(23,24)18-11-6-14-4-2-3-5-15(14)12-18/h2-12,21H,13H2,1H3,(H,20,22). The van der Waals surface area contributed by atoms with Crippen LogP contribution in [0.15, 0.2) is 71.6 Å². The number of carbonyl (C=O) groups excluding carboxylic acids is 1. The van der Waals surface area contributed by atoms with Crippen LogP contribution in [-0.4, -0.2) is 28.0 Å². The van der Waals surface area contributed by atoms with E-state index in [0.29, 0.717) is 11.5 Å². The molecule has 0 heterocycles. The highest BCUT2D eigenvalue weighted by atomic mass is 32.2. The molecule has 27 heavy (non-hydrogen) atoms. The van der Waals surface area contributed by atoms with Crippen molar-refractivity contribution in [2.75, 3.05) is 13.7 Å². The molecule has 0 fully saturated rings. The lowest BCUT2D eigenvalue weighted by Gasteiger charge is -2.10. The van der Waals surface area contributed by atoms with E-state index in [1.54, 1.807) is 37.4 Å². The second kappa shape index (κ2) is 8.07. The molecule has 0 saturated carbocycles. The smallest absolute Gasteiger partial charge is 0.272 e. The summed E-state index contributed by atoms with van der Waals surface area (Å²) in [5, 5.41) is 1.71. The molecule has 3 rings (SSSR count). The van der Waals surface area contributed by atoms with Gasteiger partial charge in [0.1, 0.15) is 11.5 Å². The maximum Gasteiger partial charge on any atom is 0.272 e. The zero-order chi connectivity index (χ0) is 19.3. The summed E-state index contributed by atoms with van der Waals surface area (Å²) in [5.74, 6) is 0.494. The monoisotopic (exact) mass is 386 g/mol. The Morgan fingerprint density at radius 3 is 2.30 bits per heavy atom. The Morgan fingerprint density at radius 2 is 1.59 bits per heavy atom. The molecule has 3 aromatic rings. The van der Waals surface area contributed by atoms with Crippen LogP contribution in [0, 0.1) is 0 Å². The third-order valence-corrected chi connectivity index (χ3v) is 5.03. The lowest BCUT2D eigenvalue weighted by molar-refractivity contribution is -0.123. The predicted octanol–water partition coefficient (Wildman–Crippen LogP) is 2.24. The molecule has 3 aromatic carbocycles. The Labute approximate surface area is 156 Å². The number of hydrogen-bond acceptors (Lipinski definition) is 5. The number of carbonyl (C=O) groups is 1. The number of sulfonamides is 1. The van der Waals surface area contributed by atoms with Gasteiger partial charge in [-0.25, -0.2) is 8.42 Å². The fraction of sp³-hybridized carbons (Fsp3) is 0.105. The molecule has 0 unspecified atom stereocenters. The molecule has 0 spiro atoms. The van der Waals surface area contributed by atoms with Gasteiger partial charge in [-0.3, -0.25) is 10.2 Å². The summed E-state index contributed by atoms with van der Waals surface area (Å²) in [6.07, 6.45) is 0. The van der Waals surface area contributed by atoms with Crippen molar-refractivity contribution in [1.82, 2.24) is 10.3 Å². The van der Waals surface area contributed by atoms with Crippen molar-refractivity contribution in [2.24, 2.45) is 0 Å². The summed E-state index contributed by atoms with van der Waals surface area (Å²) in [4.78, 5) is 14.0. The topological polar surface area (TPSA) is 93.7 Å². The minimum absolute atomic E-state index is 0.0533. The molecule has 2 N–H and O–H groups in total. The van der Waals surface area contributed by atoms with Crippen molar-refractivity contribution in [1.29, 1.82) is 0 Å². The molecule has 1 amide bonds. The van der Waals surface area contributed by atoms with Crippen molar-refractivity contribution in [3.8, 4) is 11.5 Å². The van der Waals surface area contributed by atoms with Gasteiger partial charge in [-0.05, 0) is 47.2 Å². The van der Waals surface area contributed by atoms with E-state index in [9.17, 15) is 13.2 Å². The SMILES string of the molecule is COc1ccc(OCC(=O)NNS(=O)(=O)c2ccc3ccccc3c2)cc1. The molecule has 0 radical (unpaired) electrons. The van der Waals surface area contributed by atoms with E-state index in [4.69, 9.17) is 9.47 Å². The van der Waals surface area contributed by atoms with Crippen LogP contribution >= 0.6 is 0 Å². The van der Waals surface area contributed by atoms with E-state index in [-0.39, 0.29) is 11.5 Å². The minimum Gasteiger partial charge on any atom is -0.497 e. The summed E-state index contributed by atoms with van der Waals surface area (Å²) >= 11 is 0. The van der Waals surface area contributed by atoms with Crippen molar-refractivity contribution in [3.63, 3.8) is 0 Å². The van der Waals surface area contributed by atoms with Gasteiger partial charge < -0.3 is 9.47 Å². The quantitative estimate of drug-likeness (QED) is 0.608. The first-order valence-corrected chi connectivity index (χ1v) is 9.52. The maximum absolute atomic E-state index is 12.3. The third-order valence-electron chi connectivity index (χ3n) is 3.79. The Morgan fingerprint density at radius 1 is 0.926 bits per heavy atom. The van der Waals surface area contributed by atoms with Crippen LogP contribution in [0.1, 0.15) is 0 Å². The molecule has 0 atom stereocenters. The van der Waals surface area contributed by atoms with Crippen molar-refractivity contribution < 1.29 is 22.7 Å². The molecule has 0 aromatic heterocycles. The van der Waals surface area contributed by atoms with Gasteiger partial charge in [-0.1, -0.05) is 30.3 Å². The van der Waals surface area contributed by atoms with Crippen LogP contribution in [0.25, 0.3) is 10.8 Å². The average Bonchev–Trinajstić information content (AvgIpc) is 2.70. The fourth-order valence-electron chi connectivity index (χ4n) is 2.37. The van der Waals surface area contributed by atoms with Crippen LogP contribution in [0.4, 0.5) is 0 Å². The predicted molar refractivity (Wildman–Crippen MR) is 101 cm³/mol. The van der Waals surface area contributed by atoms with Crippen LogP contribution in [0.5, 0.6) is 11.5 Å². The second-order valence-electron chi connectivity index (χ2n) is 5.63. The van der Waals surface area contributed by atoms with Gasteiger partial charge in [0.25, 0.3) is 15.9 Å². The molecule has 0 aliphatic rings. The van der Waals surface area contributed by atoms with Gasteiger partial charge in [-0.15, -0.1) is 4.83 Å². The largest absolute Gasteiger partial charge is 0.497 e. The summed E-state index contributed by atoms with van der Waals surface area (Å²) in [6.45, 7) is -0.341. The molecular weight excluding hydrogens is 368 g/mol. The lowest BCUT2D eigenvalue weighted by Crippen LogP contribution is -2.43. The first-order chi connectivity index (χ1) is 13.0. The lowest BCUT2D eigenvalue weighted by atomic mass is 10.1. The Bertz CT molecular complexity index is 1050. The molecule has 7 nitrogen and oxygen atoms in total. The molecule has 140 valence electrons. The van der Waals surface area contributed by atoms with Gasteiger partial charge in [0.05, 0.1) is 12.0 Å². The highest BCUT2D eigenvalue weighted by Crippen LogP contribution is 2.19. The van der Waals surface area contributed by atoms with Crippen LogP contribution in [-0.2, 0) is 14.8 Å². The summed E-state index contributed by atoms with van der Waals surface area (Å²) in [6, 6.07) is 18.8. The number of fused-ring (bicyclic) bond motifs is 1. The van der Waals surface area contributed by atoms with Crippen LogP contribution in [0.3, 0.4) is 0 Å². The van der Waals surface area contributed by atoms with Crippen LogP contribution < -0.4 is 19.7 Å². The molecular formula is C19H18N2O5S. The van der Waals surface area contributed by atoms with Gasteiger partial charge in [0.2, 0.25) is 0 Å². The number of amides is 1. The summed E-state index contributed by atoms with van der Waals surface area (Å²) in [5.41, 5.74) is 2.14. The molecule has 0 bridgehead atoms. The molecule has 0 aliphatic carbocycles. The molecule has 8 heteroatoms. The number of methoxy groups -OCH3 is 1. The zero-order valence-corrected chi connectivity index (χ0v) is 15.3. The van der Waals surface area contributed by atoms with Crippen molar-refractivity contribution >= 4 is 26.7 Å². The number of benzene rings is 3. The van der Waals surface area contributed by atoms with Crippen molar-refractivity contribution in [2.45, 2.75) is 4.90 Å². The number of rotatable bonds is 7. The van der Waals surface area contributed by atoms with Gasteiger partial charge >= 0.3 is 0 Å². The van der Waals surface area contributed by atoms with E-state index >= 15 is 0 Å². The number of nitrogens with one attached hydrogen (secondary N) is 2. The van der Waals surface area contributed by atoms with E-state index in [1.807, 2.05) is 24.3 Å². The average molecular weight is 386 g/mol. The van der Waals surface area contributed by atoms with E-state index < -0.39 is 15.9 Å². The fourth-order valence-corrected chi connectivity index (χ4v) is 3.27. The van der Waals surface area contributed by atoms with E-state index in [2.05, 4.69) is 10.3 Å². The summed E-state index contributed by atoms with van der Waals surface area (Å²) in [7, 11) is -2.35. The number of ether oxygens (including phenoxy) is 2. The first-order valence-electron chi connectivity index (χ1n) is 8.04. The highest BCUT2D eigenvalue weighted by Gasteiger charge is 2.15. The van der Waals surface area contributed by atoms with Gasteiger partial charge in [0, 0.05) is 0 Å². The van der Waals surface area contributed by atoms with Crippen molar-refractivity contribution in [3.05, 3.63) is 66.7 Å². The second-order valence-corrected chi connectivity index (χ2v) is 7.31.